The second-order valence-corrected chi connectivity index (χ2v) is 10.9. The van der Waals surface area contributed by atoms with Gasteiger partial charge in [-0.15, -0.1) is 0 Å². The zero-order chi connectivity index (χ0) is 22.0. The van der Waals surface area contributed by atoms with Crippen molar-refractivity contribution in [2.24, 2.45) is 11.8 Å². The minimum atomic E-state index is -4.16. The Morgan fingerprint density at radius 2 is 1.84 bits per heavy atom. The van der Waals surface area contributed by atoms with Crippen LogP contribution in [-0.2, 0) is 24.1 Å². The Bertz CT molecular complexity index is 1120. The zero-order valence-electron chi connectivity index (χ0n) is 16.7. The van der Waals surface area contributed by atoms with E-state index in [1.54, 1.807) is 0 Å². The molecule has 0 spiro atoms. The highest BCUT2D eigenvalue weighted by Crippen LogP contribution is 2.60. The summed E-state index contributed by atoms with van der Waals surface area (Å²) in [6.45, 7) is -0.0544. The molecule has 1 aliphatic carbocycles. The number of hydrogen-bond acceptors (Lipinski definition) is 5. The van der Waals surface area contributed by atoms with Crippen LogP contribution in [0, 0.1) is 23.5 Å². The van der Waals surface area contributed by atoms with E-state index >= 15 is 4.39 Å². The second kappa shape index (κ2) is 7.40. The fourth-order valence-electron chi connectivity index (χ4n) is 5.57. The van der Waals surface area contributed by atoms with Crippen LogP contribution in [0.15, 0.2) is 41.3 Å². The number of sulfone groups is 1. The van der Waals surface area contributed by atoms with Crippen molar-refractivity contribution in [2.45, 2.75) is 41.3 Å². The molecular weight excluding hydrogens is 450 g/mol. The van der Waals surface area contributed by atoms with Crippen molar-refractivity contribution >= 4 is 21.4 Å². The third-order valence-corrected chi connectivity index (χ3v) is 9.76. The summed E-state index contributed by atoms with van der Waals surface area (Å²) in [6.07, 6.45) is 0.215. The molecule has 5 atom stereocenters. The molecule has 2 fully saturated rings. The highest BCUT2D eigenvalue weighted by Gasteiger charge is 2.64. The van der Waals surface area contributed by atoms with Crippen LogP contribution in [-0.4, -0.2) is 34.5 Å². The number of methoxy groups -OCH3 is 1. The largest absolute Gasteiger partial charge is 0.490 e. The molecule has 5 nitrogen and oxygen atoms in total. The first-order valence-corrected chi connectivity index (χ1v) is 12.0. The van der Waals surface area contributed by atoms with Crippen LogP contribution in [0.5, 0.6) is 5.75 Å². The van der Waals surface area contributed by atoms with Crippen molar-refractivity contribution in [1.29, 1.82) is 0 Å². The summed E-state index contributed by atoms with van der Waals surface area (Å²) in [6, 6.07) is 7.70. The maximum absolute atomic E-state index is 15.3. The number of fused-ring (bicyclic) bond motifs is 5. The quantitative estimate of drug-likeness (QED) is 0.662. The molecule has 2 aliphatic heterocycles. The SMILES string of the molecule is CO[C@H]1C[C@@H]2[C@@H](CC[C@@]3(S(=O)(=O)c4ccc(Cl)cc4)c4c(F)ccc(F)c4OC[C@@H]23)O1. The van der Waals surface area contributed by atoms with E-state index in [9.17, 15) is 12.8 Å². The normalized spacial score (nSPS) is 32.0. The molecule has 1 saturated carbocycles. The molecule has 3 aliphatic rings. The predicted octanol–water partition coefficient (Wildman–Crippen LogP) is 4.47. The molecule has 0 amide bonds. The van der Waals surface area contributed by atoms with Crippen LogP contribution in [0.2, 0.25) is 5.02 Å². The fraction of sp³-hybridized carbons (Fsp3) is 0.455. The highest BCUT2D eigenvalue weighted by molar-refractivity contribution is 7.92. The van der Waals surface area contributed by atoms with Gasteiger partial charge in [-0.1, -0.05) is 11.6 Å². The van der Waals surface area contributed by atoms with Crippen molar-refractivity contribution in [1.82, 2.24) is 0 Å². The van der Waals surface area contributed by atoms with Gasteiger partial charge in [-0.3, -0.25) is 0 Å². The summed E-state index contributed by atoms with van der Waals surface area (Å²) in [5.74, 6) is -2.76. The van der Waals surface area contributed by atoms with Crippen molar-refractivity contribution in [2.75, 3.05) is 13.7 Å². The third kappa shape index (κ3) is 2.95. The first kappa shape index (κ1) is 21.1. The second-order valence-electron chi connectivity index (χ2n) is 8.28. The van der Waals surface area contributed by atoms with Gasteiger partial charge in [-0.2, -0.15) is 0 Å². The van der Waals surface area contributed by atoms with Gasteiger partial charge in [-0.25, -0.2) is 17.2 Å². The number of rotatable bonds is 3. The highest BCUT2D eigenvalue weighted by atomic mass is 35.5. The van der Waals surface area contributed by atoms with Crippen molar-refractivity contribution in [3.63, 3.8) is 0 Å². The fourth-order valence-corrected chi connectivity index (χ4v) is 8.10. The van der Waals surface area contributed by atoms with Gasteiger partial charge in [0.25, 0.3) is 0 Å². The Kier molecular flexibility index (Phi) is 5.04. The number of hydrogen-bond donors (Lipinski definition) is 0. The molecule has 31 heavy (non-hydrogen) atoms. The monoisotopic (exact) mass is 470 g/mol. The minimum Gasteiger partial charge on any atom is -0.490 e. The molecule has 2 aromatic rings. The standard InChI is InChI=1S/C22H21ClF2O5S/c1-28-19-10-14-15-11-29-21-17(25)7-6-16(24)20(21)22(15,9-8-18(14)30-19)31(26,27)13-4-2-12(23)3-5-13/h2-7,14-15,18-19H,8-11H2,1H3/t14-,15-,18+,19+,22-/m0/s1. The average molecular weight is 471 g/mol. The first-order valence-electron chi connectivity index (χ1n) is 10.1. The van der Waals surface area contributed by atoms with Crippen LogP contribution >= 0.6 is 11.6 Å². The molecule has 0 radical (unpaired) electrons. The molecule has 166 valence electrons. The molecule has 1 saturated heterocycles. The first-order chi connectivity index (χ1) is 14.8. The Morgan fingerprint density at radius 1 is 1.13 bits per heavy atom. The summed E-state index contributed by atoms with van der Waals surface area (Å²) in [4.78, 5) is 0.0130. The lowest BCUT2D eigenvalue weighted by molar-refractivity contribution is -0.123. The number of ether oxygens (including phenoxy) is 3. The molecular formula is C22H21ClF2O5S. The molecule has 0 bridgehead atoms. The molecule has 2 heterocycles. The number of halogens is 3. The summed E-state index contributed by atoms with van der Waals surface area (Å²) in [5.41, 5.74) is -0.224. The van der Waals surface area contributed by atoms with Gasteiger partial charge in [0.2, 0.25) is 0 Å². The zero-order valence-corrected chi connectivity index (χ0v) is 18.3. The predicted molar refractivity (Wildman–Crippen MR) is 109 cm³/mol. The summed E-state index contributed by atoms with van der Waals surface area (Å²) < 4.78 is 73.5. The van der Waals surface area contributed by atoms with Gasteiger partial charge in [0.1, 0.15) is 10.6 Å². The third-order valence-electron chi connectivity index (χ3n) is 6.94. The molecule has 0 N–H and O–H groups in total. The molecule has 9 heteroatoms. The Hall–Kier alpha value is -1.74. The van der Waals surface area contributed by atoms with Gasteiger partial charge >= 0.3 is 0 Å². The lowest BCUT2D eigenvalue weighted by Crippen LogP contribution is -2.56. The Balaban J connectivity index is 1.76. The maximum atomic E-state index is 15.3. The van der Waals surface area contributed by atoms with Crippen LogP contribution in [0.25, 0.3) is 0 Å². The summed E-state index contributed by atoms with van der Waals surface area (Å²) in [7, 11) is -2.63. The summed E-state index contributed by atoms with van der Waals surface area (Å²) in [5, 5.41) is 0.383. The van der Waals surface area contributed by atoms with E-state index < -0.39 is 38.4 Å². The lowest BCUT2D eigenvalue weighted by atomic mass is 9.66. The van der Waals surface area contributed by atoms with E-state index in [-0.39, 0.29) is 41.3 Å². The van der Waals surface area contributed by atoms with E-state index in [0.717, 1.165) is 12.1 Å². The number of benzene rings is 2. The van der Waals surface area contributed by atoms with Gasteiger partial charge in [0, 0.05) is 24.5 Å². The van der Waals surface area contributed by atoms with Crippen molar-refractivity contribution in [3.8, 4) is 5.75 Å². The van der Waals surface area contributed by atoms with Gasteiger partial charge in [0.05, 0.1) is 23.2 Å². The van der Waals surface area contributed by atoms with Crippen molar-refractivity contribution in [3.05, 3.63) is 58.6 Å². The van der Waals surface area contributed by atoms with Crippen LogP contribution in [0.3, 0.4) is 0 Å². The maximum Gasteiger partial charge on any atom is 0.188 e. The molecule has 0 unspecified atom stereocenters. The topological polar surface area (TPSA) is 61.8 Å². The van der Waals surface area contributed by atoms with E-state index in [4.69, 9.17) is 25.8 Å². The molecule has 5 rings (SSSR count). The smallest absolute Gasteiger partial charge is 0.188 e. The molecule has 2 aromatic carbocycles. The van der Waals surface area contributed by atoms with Crippen LogP contribution in [0.1, 0.15) is 24.8 Å². The van der Waals surface area contributed by atoms with Gasteiger partial charge in [-0.05, 0) is 55.2 Å². The average Bonchev–Trinajstić information content (AvgIpc) is 3.19. The van der Waals surface area contributed by atoms with Crippen molar-refractivity contribution < 1.29 is 31.4 Å². The van der Waals surface area contributed by atoms with Crippen LogP contribution in [0.4, 0.5) is 8.78 Å². The van der Waals surface area contributed by atoms with Crippen LogP contribution < -0.4 is 4.74 Å². The summed E-state index contributed by atoms with van der Waals surface area (Å²) >= 11 is 5.96. The van der Waals surface area contributed by atoms with Gasteiger partial charge < -0.3 is 14.2 Å². The Labute approximate surface area is 184 Å². The van der Waals surface area contributed by atoms with E-state index in [0.29, 0.717) is 17.9 Å². The minimum absolute atomic E-state index is 0.0130. The lowest BCUT2D eigenvalue weighted by Gasteiger charge is -2.50. The molecule has 0 aromatic heterocycles. The van der Waals surface area contributed by atoms with E-state index in [2.05, 4.69) is 0 Å². The Morgan fingerprint density at radius 3 is 2.55 bits per heavy atom. The van der Waals surface area contributed by atoms with E-state index in [1.807, 2.05) is 0 Å². The van der Waals surface area contributed by atoms with Gasteiger partial charge in [0.15, 0.2) is 27.7 Å². The van der Waals surface area contributed by atoms with E-state index in [1.165, 1.54) is 31.4 Å².